The van der Waals surface area contributed by atoms with Crippen LogP contribution in [0.15, 0.2) is 27.7 Å². The second kappa shape index (κ2) is 2.57. The van der Waals surface area contributed by atoms with Crippen LogP contribution in [-0.4, -0.2) is 14.6 Å². The minimum absolute atomic E-state index is 0.796. The van der Waals surface area contributed by atoms with Crippen LogP contribution in [0.25, 0.3) is 5.52 Å². The molecule has 0 amide bonds. The van der Waals surface area contributed by atoms with Crippen molar-refractivity contribution in [1.29, 1.82) is 0 Å². The largest absolute Gasteiger partial charge is 0.245 e. The fourth-order valence-corrected chi connectivity index (χ4v) is 2.11. The van der Waals surface area contributed by atoms with Crippen molar-refractivity contribution < 1.29 is 0 Å². The molecule has 0 bridgehead atoms. The lowest BCUT2D eigenvalue weighted by molar-refractivity contribution is 0.940. The van der Waals surface area contributed by atoms with Crippen molar-refractivity contribution in [3.05, 3.63) is 27.7 Å². The van der Waals surface area contributed by atoms with Crippen LogP contribution in [-0.2, 0) is 0 Å². The number of rotatable bonds is 0. The molecular formula is C6H3Br2N3. The normalized spacial score (nSPS) is 10.7. The Balaban J connectivity index is 2.96. The molecule has 2 aromatic heterocycles. The molecule has 0 fully saturated rings. The number of aromatic nitrogens is 3. The van der Waals surface area contributed by atoms with Crippen LogP contribution in [0.1, 0.15) is 0 Å². The number of halogens is 2. The molecule has 0 spiro atoms. The summed E-state index contributed by atoms with van der Waals surface area (Å²) < 4.78 is 3.49. The average Bonchev–Trinajstić information content (AvgIpc) is 2.34. The van der Waals surface area contributed by atoms with Gasteiger partial charge < -0.3 is 0 Å². The van der Waals surface area contributed by atoms with E-state index in [9.17, 15) is 0 Å². The van der Waals surface area contributed by atoms with E-state index in [1.165, 1.54) is 0 Å². The van der Waals surface area contributed by atoms with E-state index in [2.05, 4.69) is 41.9 Å². The van der Waals surface area contributed by atoms with E-state index in [0.717, 1.165) is 14.6 Å². The molecule has 0 atom stereocenters. The van der Waals surface area contributed by atoms with Crippen LogP contribution >= 0.6 is 31.9 Å². The fourth-order valence-electron chi connectivity index (χ4n) is 0.870. The van der Waals surface area contributed by atoms with Crippen LogP contribution in [0, 0.1) is 0 Å². The molecular weight excluding hydrogens is 274 g/mol. The van der Waals surface area contributed by atoms with E-state index in [-0.39, 0.29) is 0 Å². The van der Waals surface area contributed by atoms with Gasteiger partial charge in [-0.2, -0.15) is 5.10 Å². The summed E-state index contributed by atoms with van der Waals surface area (Å²) in [6, 6.07) is 0. The molecule has 3 nitrogen and oxygen atoms in total. The highest BCUT2D eigenvalue weighted by Crippen LogP contribution is 2.22. The van der Waals surface area contributed by atoms with Crippen molar-refractivity contribution in [2.24, 2.45) is 0 Å². The van der Waals surface area contributed by atoms with Gasteiger partial charge in [0.1, 0.15) is 10.1 Å². The molecule has 11 heavy (non-hydrogen) atoms. The summed E-state index contributed by atoms with van der Waals surface area (Å²) in [6.07, 6.45) is 5.23. The van der Waals surface area contributed by atoms with Crippen molar-refractivity contribution in [2.75, 3.05) is 0 Å². The van der Waals surface area contributed by atoms with Gasteiger partial charge >= 0.3 is 0 Å². The summed E-state index contributed by atoms with van der Waals surface area (Å²) in [5.41, 5.74) is 0.951. The van der Waals surface area contributed by atoms with E-state index in [0.29, 0.717) is 0 Å². The first-order valence-electron chi connectivity index (χ1n) is 2.92. The first-order valence-corrected chi connectivity index (χ1v) is 4.51. The van der Waals surface area contributed by atoms with Crippen LogP contribution < -0.4 is 0 Å². The zero-order valence-electron chi connectivity index (χ0n) is 5.33. The average molecular weight is 277 g/mol. The topological polar surface area (TPSA) is 30.2 Å². The molecule has 0 aliphatic carbocycles. The summed E-state index contributed by atoms with van der Waals surface area (Å²) in [7, 11) is 0. The lowest BCUT2D eigenvalue weighted by Gasteiger charge is -1.93. The van der Waals surface area contributed by atoms with Gasteiger partial charge in [-0.25, -0.2) is 9.50 Å². The summed E-state index contributed by atoms with van der Waals surface area (Å²) in [5.74, 6) is 0. The molecule has 56 valence electrons. The number of nitrogens with zero attached hydrogens (tertiary/aromatic N) is 3. The summed E-state index contributed by atoms with van der Waals surface area (Å²) >= 11 is 6.69. The molecule has 2 heterocycles. The first kappa shape index (κ1) is 7.24. The fraction of sp³-hybridized carbons (Fsp3) is 0. The molecule has 5 heteroatoms. The SMILES string of the molecule is Brc1cnn2ccnc(Br)c12. The molecule has 0 saturated carbocycles. The van der Waals surface area contributed by atoms with Gasteiger partial charge in [0.25, 0.3) is 0 Å². The van der Waals surface area contributed by atoms with Gasteiger partial charge in [-0.1, -0.05) is 0 Å². The highest BCUT2D eigenvalue weighted by molar-refractivity contribution is 9.11. The lowest BCUT2D eigenvalue weighted by Crippen LogP contribution is -1.87. The van der Waals surface area contributed by atoms with E-state index in [1.807, 2.05) is 0 Å². The minimum Gasteiger partial charge on any atom is -0.245 e. The third kappa shape index (κ3) is 1.08. The van der Waals surface area contributed by atoms with Gasteiger partial charge in [0.15, 0.2) is 0 Å². The summed E-state index contributed by atoms with van der Waals surface area (Å²) in [4.78, 5) is 4.07. The van der Waals surface area contributed by atoms with Crippen LogP contribution in [0.2, 0.25) is 0 Å². The first-order chi connectivity index (χ1) is 5.29. The zero-order chi connectivity index (χ0) is 7.84. The third-order valence-corrected chi connectivity index (χ3v) is 2.50. The molecule has 2 aromatic rings. The number of hydrogen-bond acceptors (Lipinski definition) is 2. The second-order valence-electron chi connectivity index (χ2n) is 2.00. The van der Waals surface area contributed by atoms with Gasteiger partial charge in [-0.15, -0.1) is 0 Å². The van der Waals surface area contributed by atoms with Crippen LogP contribution in [0.4, 0.5) is 0 Å². The van der Waals surface area contributed by atoms with Gasteiger partial charge in [0, 0.05) is 12.4 Å². The Labute approximate surface area is 79.7 Å². The smallest absolute Gasteiger partial charge is 0.132 e. The summed E-state index contributed by atoms with van der Waals surface area (Å²) in [5, 5.41) is 4.08. The van der Waals surface area contributed by atoms with Crippen molar-refractivity contribution >= 4 is 37.4 Å². The monoisotopic (exact) mass is 275 g/mol. The van der Waals surface area contributed by atoms with Gasteiger partial charge in [0.05, 0.1) is 10.7 Å². The zero-order valence-corrected chi connectivity index (χ0v) is 8.50. The predicted octanol–water partition coefficient (Wildman–Crippen LogP) is 2.25. The quantitative estimate of drug-likeness (QED) is 0.739. The Morgan fingerprint density at radius 2 is 2.18 bits per heavy atom. The maximum atomic E-state index is 4.08. The van der Waals surface area contributed by atoms with Crippen molar-refractivity contribution in [2.45, 2.75) is 0 Å². The lowest BCUT2D eigenvalue weighted by atomic mass is 10.5. The Morgan fingerprint density at radius 3 is 2.91 bits per heavy atom. The molecule has 0 aliphatic rings. The van der Waals surface area contributed by atoms with Crippen molar-refractivity contribution in [1.82, 2.24) is 14.6 Å². The molecule has 0 radical (unpaired) electrons. The Morgan fingerprint density at radius 1 is 1.36 bits per heavy atom. The van der Waals surface area contributed by atoms with Crippen LogP contribution in [0.3, 0.4) is 0 Å². The van der Waals surface area contributed by atoms with E-state index < -0.39 is 0 Å². The van der Waals surface area contributed by atoms with E-state index >= 15 is 0 Å². The van der Waals surface area contributed by atoms with Gasteiger partial charge in [-0.05, 0) is 31.9 Å². The Bertz CT molecular complexity index is 396. The molecule has 0 saturated heterocycles. The molecule has 0 aliphatic heterocycles. The third-order valence-electron chi connectivity index (χ3n) is 1.34. The molecule has 0 unspecified atom stereocenters. The van der Waals surface area contributed by atoms with Gasteiger partial charge in [0.2, 0.25) is 0 Å². The molecule has 0 aromatic carbocycles. The molecule has 2 rings (SSSR count). The Kier molecular flexibility index (Phi) is 1.69. The standard InChI is InChI=1S/C6H3Br2N3/c7-4-3-10-11-2-1-9-6(8)5(4)11/h1-3H. The minimum atomic E-state index is 0.796. The Hall–Kier alpha value is -0.420. The maximum Gasteiger partial charge on any atom is 0.132 e. The maximum absolute atomic E-state index is 4.08. The van der Waals surface area contributed by atoms with E-state index in [1.54, 1.807) is 23.1 Å². The van der Waals surface area contributed by atoms with Crippen LogP contribution in [0.5, 0.6) is 0 Å². The second-order valence-corrected chi connectivity index (χ2v) is 3.61. The number of hydrogen-bond donors (Lipinski definition) is 0. The van der Waals surface area contributed by atoms with E-state index in [4.69, 9.17) is 0 Å². The number of fused-ring (bicyclic) bond motifs is 1. The predicted molar refractivity (Wildman–Crippen MR) is 48.4 cm³/mol. The van der Waals surface area contributed by atoms with Gasteiger partial charge in [-0.3, -0.25) is 0 Å². The highest BCUT2D eigenvalue weighted by atomic mass is 79.9. The van der Waals surface area contributed by atoms with Crippen molar-refractivity contribution in [3.63, 3.8) is 0 Å². The highest BCUT2D eigenvalue weighted by Gasteiger charge is 2.03. The van der Waals surface area contributed by atoms with Crippen molar-refractivity contribution in [3.8, 4) is 0 Å². The molecule has 0 N–H and O–H groups in total. The summed E-state index contributed by atoms with van der Waals surface area (Å²) in [6.45, 7) is 0.